The lowest BCUT2D eigenvalue weighted by atomic mass is 9.97. The summed E-state index contributed by atoms with van der Waals surface area (Å²) in [5, 5.41) is 87.0. The fraction of sp³-hybridized carbons (Fsp3) is 0.734. The van der Waals surface area contributed by atoms with E-state index in [0.29, 0.717) is 12.8 Å². The largest absolute Gasteiger partial charge is 0.394 e. The van der Waals surface area contributed by atoms with Crippen LogP contribution >= 0.6 is 0 Å². The van der Waals surface area contributed by atoms with E-state index in [9.17, 15) is 45.6 Å². The van der Waals surface area contributed by atoms with Gasteiger partial charge in [-0.2, -0.15) is 0 Å². The van der Waals surface area contributed by atoms with E-state index in [1.165, 1.54) is 96.3 Å². The van der Waals surface area contributed by atoms with Crippen molar-refractivity contribution in [2.24, 2.45) is 0 Å². The van der Waals surface area contributed by atoms with Gasteiger partial charge in [-0.25, -0.2) is 0 Å². The summed E-state index contributed by atoms with van der Waals surface area (Å²) in [6.07, 6.45) is 50.3. The lowest BCUT2D eigenvalue weighted by molar-refractivity contribution is -0.359. The molecule has 0 aromatic rings. The fourth-order valence-corrected chi connectivity index (χ4v) is 9.35. The number of aliphatic hydroxyl groups is 8. The van der Waals surface area contributed by atoms with Crippen LogP contribution in [0.15, 0.2) is 97.2 Å². The maximum absolute atomic E-state index is 13.2. The summed E-state index contributed by atoms with van der Waals surface area (Å²) in [5.74, 6) is -0.258. The van der Waals surface area contributed by atoms with Crippen LogP contribution in [0.25, 0.3) is 0 Å². The van der Waals surface area contributed by atoms with Crippen LogP contribution in [0.2, 0.25) is 0 Å². The second-order valence-corrected chi connectivity index (χ2v) is 21.1. The van der Waals surface area contributed by atoms with Gasteiger partial charge in [0.15, 0.2) is 12.6 Å². The average Bonchev–Trinajstić information content (AvgIpc) is 3.47. The molecule has 0 saturated carbocycles. The molecule has 14 nitrogen and oxygen atoms in total. The van der Waals surface area contributed by atoms with Crippen molar-refractivity contribution in [2.45, 2.75) is 280 Å². The molecule has 12 unspecified atom stereocenters. The summed E-state index contributed by atoms with van der Waals surface area (Å²) in [6.45, 7) is 2.61. The summed E-state index contributed by atoms with van der Waals surface area (Å²) in [7, 11) is 0. The number of aliphatic hydroxyl groups excluding tert-OH is 8. The number of unbranched alkanes of at least 4 members (excludes halogenated alkanes) is 20. The lowest BCUT2D eigenvalue weighted by Crippen LogP contribution is -2.65. The number of carbonyl (C=O) groups is 1. The summed E-state index contributed by atoms with van der Waals surface area (Å²) in [6, 6.07) is -0.942. The molecular weight excluding hydrogens is 991 g/mol. The molecule has 0 spiro atoms. The molecule has 78 heavy (non-hydrogen) atoms. The highest BCUT2D eigenvalue weighted by atomic mass is 16.7. The van der Waals surface area contributed by atoms with Gasteiger partial charge in [-0.05, 0) is 89.9 Å². The van der Waals surface area contributed by atoms with Crippen molar-refractivity contribution in [3.8, 4) is 0 Å². The normalized spacial score (nSPS) is 25.3. The first-order chi connectivity index (χ1) is 38.1. The molecule has 2 aliphatic heterocycles. The Morgan fingerprint density at radius 3 is 1.41 bits per heavy atom. The van der Waals surface area contributed by atoms with Crippen molar-refractivity contribution in [1.29, 1.82) is 0 Å². The van der Waals surface area contributed by atoms with Gasteiger partial charge in [0.2, 0.25) is 5.91 Å². The summed E-state index contributed by atoms with van der Waals surface area (Å²) < 4.78 is 22.7. The Bertz CT molecular complexity index is 1680. The molecule has 9 N–H and O–H groups in total. The number of hydrogen-bond donors (Lipinski definition) is 9. The molecule has 2 heterocycles. The Balaban J connectivity index is 1.68. The van der Waals surface area contributed by atoms with Gasteiger partial charge in [0.05, 0.1) is 32.0 Å². The molecule has 2 fully saturated rings. The monoisotopic (exact) mass is 1100 g/mol. The van der Waals surface area contributed by atoms with Crippen molar-refractivity contribution in [1.82, 2.24) is 5.32 Å². The van der Waals surface area contributed by atoms with Gasteiger partial charge in [0.1, 0.15) is 48.8 Å². The predicted octanol–water partition coefficient (Wildman–Crippen LogP) is 10.7. The zero-order chi connectivity index (χ0) is 56.7. The zero-order valence-electron chi connectivity index (χ0n) is 48.1. The minimum absolute atomic E-state index is 0.258. The first-order valence-corrected chi connectivity index (χ1v) is 30.5. The molecule has 0 aliphatic carbocycles. The summed E-state index contributed by atoms with van der Waals surface area (Å²) in [5.41, 5.74) is 0. The van der Waals surface area contributed by atoms with Crippen LogP contribution < -0.4 is 5.32 Å². The molecule has 2 saturated heterocycles. The maximum Gasteiger partial charge on any atom is 0.220 e. The van der Waals surface area contributed by atoms with E-state index in [-0.39, 0.29) is 18.9 Å². The van der Waals surface area contributed by atoms with E-state index in [4.69, 9.17) is 18.9 Å². The van der Waals surface area contributed by atoms with Crippen LogP contribution in [0.3, 0.4) is 0 Å². The summed E-state index contributed by atoms with van der Waals surface area (Å²) >= 11 is 0. The molecule has 0 aromatic heterocycles. The highest BCUT2D eigenvalue weighted by Crippen LogP contribution is 2.30. The highest BCUT2D eigenvalue weighted by Gasteiger charge is 2.51. The van der Waals surface area contributed by atoms with Crippen LogP contribution in [0.4, 0.5) is 0 Å². The molecule has 14 heteroatoms. The Hall–Kier alpha value is -3.09. The number of ether oxygens (including phenoxy) is 4. The minimum atomic E-state index is -1.80. The lowest BCUT2D eigenvalue weighted by Gasteiger charge is -2.46. The number of allylic oxidation sites excluding steroid dienone is 15. The minimum Gasteiger partial charge on any atom is -0.394 e. The van der Waals surface area contributed by atoms with Gasteiger partial charge in [-0.3, -0.25) is 4.79 Å². The second kappa shape index (κ2) is 48.6. The molecule has 2 rings (SSSR count). The third-order valence-corrected chi connectivity index (χ3v) is 14.2. The third kappa shape index (κ3) is 33.6. The van der Waals surface area contributed by atoms with Gasteiger partial charge in [-0.15, -0.1) is 0 Å². The molecule has 0 aromatic carbocycles. The van der Waals surface area contributed by atoms with E-state index in [0.717, 1.165) is 77.0 Å². The topological polar surface area (TPSA) is 228 Å². The van der Waals surface area contributed by atoms with E-state index in [2.05, 4.69) is 104 Å². The number of hydrogen-bond acceptors (Lipinski definition) is 13. The first kappa shape index (κ1) is 71.0. The van der Waals surface area contributed by atoms with E-state index in [1.54, 1.807) is 6.08 Å². The smallest absolute Gasteiger partial charge is 0.220 e. The predicted molar refractivity (Wildman–Crippen MR) is 313 cm³/mol. The van der Waals surface area contributed by atoms with Crippen molar-refractivity contribution in [2.75, 3.05) is 19.8 Å². The molecule has 0 bridgehead atoms. The Kier molecular flexibility index (Phi) is 44.3. The van der Waals surface area contributed by atoms with Gasteiger partial charge >= 0.3 is 0 Å². The van der Waals surface area contributed by atoms with E-state index < -0.39 is 86.8 Å². The summed E-state index contributed by atoms with van der Waals surface area (Å²) in [4.78, 5) is 13.2. The third-order valence-electron chi connectivity index (χ3n) is 14.2. The van der Waals surface area contributed by atoms with Crippen molar-refractivity contribution in [3.63, 3.8) is 0 Å². The van der Waals surface area contributed by atoms with Crippen molar-refractivity contribution < 1.29 is 64.6 Å². The first-order valence-electron chi connectivity index (χ1n) is 30.5. The van der Waals surface area contributed by atoms with Crippen molar-refractivity contribution >= 4 is 5.91 Å². The van der Waals surface area contributed by atoms with Crippen LogP contribution in [0.5, 0.6) is 0 Å². The quantitative estimate of drug-likeness (QED) is 0.0204. The van der Waals surface area contributed by atoms with Crippen LogP contribution in [-0.4, -0.2) is 140 Å². The van der Waals surface area contributed by atoms with Crippen LogP contribution in [0, 0.1) is 0 Å². The number of amides is 1. The second-order valence-electron chi connectivity index (χ2n) is 21.1. The molecule has 12 atom stereocenters. The average molecular weight is 1100 g/mol. The van der Waals surface area contributed by atoms with Crippen LogP contribution in [0.1, 0.15) is 206 Å². The van der Waals surface area contributed by atoms with Gasteiger partial charge in [-0.1, -0.05) is 207 Å². The SMILES string of the molecule is CC/C=C\C/C=C\C/C=C\C/C=C\C/C=C\CCCCCCCCCCCCCCCCCC(=O)NC(COC1OC(CO)C(OC2OC(CO)C(O)C(O)C2O)C(O)C1O)C(O)/C=C/CC/C=C/CC/C=C/CCCCC. The maximum atomic E-state index is 13.2. The fourth-order valence-electron chi connectivity index (χ4n) is 9.35. The van der Waals surface area contributed by atoms with Crippen molar-refractivity contribution in [3.05, 3.63) is 97.2 Å². The van der Waals surface area contributed by atoms with E-state index in [1.807, 2.05) is 6.08 Å². The Morgan fingerprint density at radius 2 is 0.897 bits per heavy atom. The van der Waals surface area contributed by atoms with Gasteiger partial charge in [0.25, 0.3) is 0 Å². The van der Waals surface area contributed by atoms with Gasteiger partial charge < -0.3 is 65.1 Å². The Labute approximate surface area is 471 Å². The number of nitrogens with one attached hydrogen (secondary N) is 1. The molecule has 0 radical (unpaired) electrons. The van der Waals surface area contributed by atoms with Crippen LogP contribution in [-0.2, 0) is 23.7 Å². The standard InChI is InChI=1S/C64H109NO13/c1-3-5-7-9-11-13-15-17-18-19-20-21-22-23-24-25-26-27-28-29-30-31-32-33-34-36-38-40-42-44-46-48-56(69)65-52(53(68)47-45-43-41-39-37-35-16-14-12-10-8-6-4-2)51-75-63-61(74)59(72)62(55(50-67)77-63)78-64-60(73)58(71)57(70)54(49-66)76-64/h5,7,11-14,17-18,20-21,23-24,37,39,45,47,52-55,57-64,66-68,70-74H,3-4,6,8-10,15-16,19,22,25-36,38,40-44,46,48-51H2,1-2H3,(H,65,69)/b7-5-,13-11-,14-12+,18-17-,21-20-,24-23-,39-37+,47-45+. The van der Waals surface area contributed by atoms with E-state index >= 15 is 0 Å². The Morgan fingerprint density at radius 1 is 0.474 bits per heavy atom. The molecule has 1 amide bonds. The molecule has 2 aliphatic rings. The zero-order valence-corrected chi connectivity index (χ0v) is 48.1. The number of carbonyl (C=O) groups excluding carboxylic acids is 1. The molecular formula is C64H109NO13. The number of rotatable bonds is 47. The molecule has 448 valence electrons. The highest BCUT2D eigenvalue weighted by molar-refractivity contribution is 5.76. The van der Waals surface area contributed by atoms with Gasteiger partial charge in [0, 0.05) is 6.42 Å².